The van der Waals surface area contributed by atoms with Gasteiger partial charge < -0.3 is 0 Å². The van der Waals surface area contributed by atoms with Gasteiger partial charge >= 0.3 is 0 Å². The van der Waals surface area contributed by atoms with Crippen molar-refractivity contribution in [1.82, 2.24) is 0 Å². The number of nitriles is 1. The Hall–Kier alpha value is -9.08. The summed E-state index contributed by atoms with van der Waals surface area (Å²) in [6.07, 6.45) is 0. The maximum Gasteiger partial charge on any atom is 0.194 e. The zero-order chi connectivity index (χ0) is 43.6. The predicted molar refractivity (Wildman–Crippen MR) is 276 cm³/mol. The molecule has 2 aliphatic carbocycles. The number of hydrogen-bond acceptors (Lipinski definition) is 1. The van der Waals surface area contributed by atoms with Crippen molar-refractivity contribution in [1.29, 1.82) is 5.26 Å². The Labute approximate surface area is 381 Å². The molecule has 0 aromatic heterocycles. The molecule has 0 radical (unpaired) electrons. The summed E-state index contributed by atoms with van der Waals surface area (Å²) in [4.78, 5) is 4.18. The lowest BCUT2D eigenvalue weighted by atomic mass is 9.83. The molecule has 0 unspecified atom stereocenters. The molecule has 12 aromatic rings. The van der Waals surface area contributed by atoms with E-state index in [4.69, 9.17) is 6.57 Å². The fourth-order valence-corrected chi connectivity index (χ4v) is 11.4. The van der Waals surface area contributed by atoms with Crippen LogP contribution >= 0.6 is 0 Å². The number of fused-ring (bicyclic) bond motifs is 11. The largest absolute Gasteiger partial charge is 0.238 e. The van der Waals surface area contributed by atoms with Crippen molar-refractivity contribution in [3.8, 4) is 95.1 Å². The Morgan fingerprint density at radius 2 is 0.697 bits per heavy atom. The fourth-order valence-electron chi connectivity index (χ4n) is 11.4. The minimum Gasteiger partial charge on any atom is -0.238 e. The maximum absolute atomic E-state index is 10.9. The smallest absolute Gasteiger partial charge is 0.194 e. The van der Waals surface area contributed by atoms with Crippen molar-refractivity contribution in [2.24, 2.45) is 0 Å². The Bertz CT molecular complexity index is 3940. The van der Waals surface area contributed by atoms with Gasteiger partial charge in [-0.2, -0.15) is 5.26 Å². The molecule has 66 heavy (non-hydrogen) atoms. The average molecular weight is 831 g/mol. The van der Waals surface area contributed by atoms with Gasteiger partial charge in [-0.05, 0) is 186 Å². The predicted octanol–water partition coefficient (Wildman–Crippen LogP) is 17.8. The number of rotatable bonds is 4. The lowest BCUT2D eigenvalue weighted by Crippen LogP contribution is -1.94. The number of benzene rings is 12. The van der Waals surface area contributed by atoms with E-state index in [0.29, 0.717) is 11.3 Å². The average Bonchev–Trinajstić information content (AvgIpc) is 3.87. The number of nitrogens with zero attached hydrogens (tertiary/aromatic N) is 2. The Morgan fingerprint density at radius 3 is 1.15 bits per heavy atom. The van der Waals surface area contributed by atoms with E-state index in [9.17, 15) is 5.26 Å². The molecule has 2 heteroatoms. The van der Waals surface area contributed by atoms with Gasteiger partial charge in [0.15, 0.2) is 5.69 Å². The molecule has 300 valence electrons. The molecular weight excluding hydrogens is 797 g/mol. The van der Waals surface area contributed by atoms with Gasteiger partial charge in [-0.15, -0.1) is 0 Å². The standard InChI is InChI=1S/C64H34N2/c1-66-62-27-26-42(38-14-6-3-7-15-38)29-61(62)60-35-58-55-31-50-45-21-9-17-39-16-8-20-44(63(39)45)49(50)30-54(55)53(48-28-41(24-25-43(48)36-65)37-12-4-2-5-13-37)34-57(58)56-32-51-46-22-10-18-40-19-11-23-47(64(40)46)52(51)33-59(56)60/h2-35H. The first kappa shape index (κ1) is 36.4. The monoisotopic (exact) mass is 830 g/mol. The summed E-state index contributed by atoms with van der Waals surface area (Å²) < 4.78 is 0. The minimum absolute atomic E-state index is 0.613. The lowest BCUT2D eigenvalue weighted by Gasteiger charge is -2.20. The summed E-state index contributed by atoms with van der Waals surface area (Å²) in [5.74, 6) is 0. The molecular formula is C64H34N2. The van der Waals surface area contributed by atoms with Crippen molar-refractivity contribution < 1.29 is 0 Å². The quantitative estimate of drug-likeness (QED) is 0.128. The van der Waals surface area contributed by atoms with Crippen molar-refractivity contribution in [3.63, 3.8) is 0 Å². The molecule has 12 aromatic carbocycles. The third-order valence-corrected chi connectivity index (χ3v) is 14.4. The Kier molecular flexibility index (Phi) is 7.56. The Balaban J connectivity index is 1.17. The highest BCUT2D eigenvalue weighted by Gasteiger charge is 2.27. The van der Waals surface area contributed by atoms with E-state index in [1.165, 1.54) is 66.1 Å². The van der Waals surface area contributed by atoms with Crippen LogP contribution in [0.15, 0.2) is 206 Å². The summed E-state index contributed by atoms with van der Waals surface area (Å²) in [6.45, 7) is 8.54. The summed E-state index contributed by atoms with van der Waals surface area (Å²) in [5.41, 5.74) is 19.2. The normalized spacial score (nSPS) is 11.9. The van der Waals surface area contributed by atoms with Gasteiger partial charge in [0.2, 0.25) is 0 Å². The molecule has 0 aliphatic heterocycles. The van der Waals surface area contributed by atoms with Crippen LogP contribution in [0.25, 0.3) is 148 Å². The Morgan fingerprint density at radius 1 is 0.303 bits per heavy atom. The van der Waals surface area contributed by atoms with Gasteiger partial charge in [0.25, 0.3) is 0 Å². The molecule has 0 saturated carbocycles. The van der Waals surface area contributed by atoms with E-state index in [1.807, 2.05) is 24.3 Å². The van der Waals surface area contributed by atoms with Crippen LogP contribution in [-0.2, 0) is 0 Å². The molecule has 2 nitrogen and oxygen atoms in total. The molecule has 0 heterocycles. The first-order valence-electron chi connectivity index (χ1n) is 22.4. The molecule has 0 N–H and O–H groups in total. The summed E-state index contributed by atoms with van der Waals surface area (Å²) in [5, 5.41) is 22.5. The topological polar surface area (TPSA) is 28.1 Å². The van der Waals surface area contributed by atoms with Crippen LogP contribution in [0.4, 0.5) is 5.69 Å². The molecule has 14 rings (SSSR count). The first-order chi connectivity index (χ1) is 32.6. The summed E-state index contributed by atoms with van der Waals surface area (Å²) >= 11 is 0. The summed E-state index contributed by atoms with van der Waals surface area (Å²) in [6, 6.07) is 76.8. The molecule has 0 fully saturated rings. The summed E-state index contributed by atoms with van der Waals surface area (Å²) in [7, 11) is 0. The van der Waals surface area contributed by atoms with Gasteiger partial charge in [0.05, 0.1) is 18.2 Å². The highest BCUT2D eigenvalue weighted by molar-refractivity contribution is 6.29. The van der Waals surface area contributed by atoms with Gasteiger partial charge in [0, 0.05) is 5.56 Å². The first-order valence-corrected chi connectivity index (χ1v) is 22.4. The minimum atomic E-state index is 0.613. The van der Waals surface area contributed by atoms with E-state index in [0.717, 1.165) is 76.8 Å². The SMILES string of the molecule is [C-]#[N+]c1ccc(-c2ccccc2)cc1-c1cc2c3cc4c(cc3c(-c3cc(-c5ccccc5)ccc3C#N)cc2c2cc3c(cc12)-c1cccc2cccc-3c12)-c1cccc2cccc-4c12. The van der Waals surface area contributed by atoms with Crippen LogP contribution < -0.4 is 0 Å². The molecule has 0 amide bonds. The molecule has 0 spiro atoms. The van der Waals surface area contributed by atoms with Crippen LogP contribution in [-0.4, -0.2) is 0 Å². The molecule has 2 aliphatic rings. The zero-order valence-electron chi connectivity index (χ0n) is 35.5. The van der Waals surface area contributed by atoms with Gasteiger partial charge in [0.1, 0.15) is 0 Å². The van der Waals surface area contributed by atoms with E-state index in [2.05, 4.69) is 193 Å². The zero-order valence-corrected chi connectivity index (χ0v) is 35.5. The van der Waals surface area contributed by atoms with E-state index >= 15 is 0 Å². The van der Waals surface area contributed by atoms with Crippen LogP contribution in [0.2, 0.25) is 0 Å². The van der Waals surface area contributed by atoms with Crippen LogP contribution in [0.3, 0.4) is 0 Å². The second kappa shape index (κ2) is 13.7. The van der Waals surface area contributed by atoms with Crippen LogP contribution in [0.1, 0.15) is 5.56 Å². The van der Waals surface area contributed by atoms with Gasteiger partial charge in [-0.3, -0.25) is 0 Å². The second-order valence-corrected chi connectivity index (χ2v) is 17.7. The van der Waals surface area contributed by atoms with E-state index < -0.39 is 0 Å². The van der Waals surface area contributed by atoms with Crippen molar-refractivity contribution >= 4 is 59.5 Å². The molecule has 0 saturated heterocycles. The third-order valence-electron chi connectivity index (χ3n) is 14.4. The van der Waals surface area contributed by atoms with Crippen molar-refractivity contribution in [3.05, 3.63) is 223 Å². The van der Waals surface area contributed by atoms with Gasteiger partial charge in [-0.25, -0.2) is 4.85 Å². The maximum atomic E-state index is 10.9. The lowest BCUT2D eigenvalue weighted by molar-refractivity contribution is 1.48. The second-order valence-electron chi connectivity index (χ2n) is 17.7. The van der Waals surface area contributed by atoms with Gasteiger partial charge in [-0.1, -0.05) is 158 Å². The third kappa shape index (κ3) is 5.10. The van der Waals surface area contributed by atoms with E-state index in [1.54, 1.807) is 0 Å². The van der Waals surface area contributed by atoms with Crippen molar-refractivity contribution in [2.75, 3.05) is 0 Å². The fraction of sp³-hybridized carbons (Fsp3) is 0. The highest BCUT2D eigenvalue weighted by Crippen LogP contribution is 2.55. The molecule has 0 bridgehead atoms. The highest BCUT2D eigenvalue weighted by atomic mass is 14.6. The van der Waals surface area contributed by atoms with Crippen LogP contribution in [0, 0.1) is 17.9 Å². The van der Waals surface area contributed by atoms with Crippen molar-refractivity contribution in [2.45, 2.75) is 0 Å². The van der Waals surface area contributed by atoms with E-state index in [-0.39, 0.29) is 0 Å². The number of hydrogen-bond donors (Lipinski definition) is 0. The van der Waals surface area contributed by atoms with Crippen LogP contribution in [0.5, 0.6) is 0 Å². The molecule has 0 atom stereocenters.